The third-order valence-corrected chi connectivity index (χ3v) is 1.92. The molecular formula is C8H19NO. The van der Waals surface area contributed by atoms with E-state index in [-0.39, 0.29) is 0 Å². The van der Waals surface area contributed by atoms with Gasteiger partial charge in [-0.25, -0.2) is 0 Å². The van der Waals surface area contributed by atoms with E-state index in [4.69, 9.17) is 5.73 Å². The van der Waals surface area contributed by atoms with Gasteiger partial charge in [0.1, 0.15) is 0 Å². The van der Waals surface area contributed by atoms with Gasteiger partial charge in [0.05, 0.1) is 5.60 Å². The van der Waals surface area contributed by atoms with Crippen LogP contribution in [0.3, 0.4) is 0 Å². The number of hydrogen-bond donors (Lipinski definition) is 2. The Morgan fingerprint density at radius 1 is 1.60 bits per heavy atom. The summed E-state index contributed by atoms with van der Waals surface area (Å²) in [6.07, 6.45) is 1.91. The Hall–Kier alpha value is -0.0800. The zero-order chi connectivity index (χ0) is 8.20. The van der Waals surface area contributed by atoms with Gasteiger partial charge in [0.15, 0.2) is 0 Å². The first-order valence-electron chi connectivity index (χ1n) is 3.94. The van der Waals surface area contributed by atoms with Crippen LogP contribution < -0.4 is 5.73 Å². The summed E-state index contributed by atoms with van der Waals surface area (Å²) >= 11 is 0. The second kappa shape index (κ2) is 3.94. The lowest BCUT2D eigenvalue weighted by atomic mass is 9.92. The van der Waals surface area contributed by atoms with Crippen LogP contribution in [0.4, 0.5) is 0 Å². The highest BCUT2D eigenvalue weighted by Crippen LogP contribution is 2.17. The van der Waals surface area contributed by atoms with Crippen molar-refractivity contribution in [1.82, 2.24) is 0 Å². The molecule has 0 amide bonds. The highest BCUT2D eigenvalue weighted by atomic mass is 16.3. The maximum atomic E-state index is 9.50. The molecule has 3 N–H and O–H groups in total. The van der Waals surface area contributed by atoms with E-state index in [0.29, 0.717) is 12.5 Å². The zero-order valence-electron chi connectivity index (χ0n) is 7.22. The van der Waals surface area contributed by atoms with Gasteiger partial charge in [-0.2, -0.15) is 0 Å². The van der Waals surface area contributed by atoms with E-state index >= 15 is 0 Å². The van der Waals surface area contributed by atoms with Crippen LogP contribution in [0.1, 0.15) is 33.6 Å². The molecule has 0 heterocycles. The topological polar surface area (TPSA) is 46.2 Å². The minimum absolute atomic E-state index is 0.358. The Morgan fingerprint density at radius 2 is 2.10 bits per heavy atom. The first-order chi connectivity index (χ1) is 4.52. The van der Waals surface area contributed by atoms with Crippen LogP contribution in [-0.2, 0) is 0 Å². The van der Waals surface area contributed by atoms with E-state index in [2.05, 4.69) is 13.8 Å². The largest absolute Gasteiger partial charge is 0.389 e. The van der Waals surface area contributed by atoms with Crippen molar-refractivity contribution in [3.8, 4) is 0 Å². The summed E-state index contributed by atoms with van der Waals surface area (Å²) in [5, 5.41) is 9.50. The van der Waals surface area contributed by atoms with E-state index in [0.717, 1.165) is 12.8 Å². The van der Waals surface area contributed by atoms with E-state index in [1.807, 2.05) is 0 Å². The lowest BCUT2D eigenvalue weighted by molar-refractivity contribution is 0.0443. The van der Waals surface area contributed by atoms with Crippen LogP contribution in [0.25, 0.3) is 0 Å². The van der Waals surface area contributed by atoms with E-state index in [1.54, 1.807) is 6.92 Å². The highest BCUT2D eigenvalue weighted by molar-refractivity contribution is 4.75. The molecule has 0 saturated heterocycles. The van der Waals surface area contributed by atoms with Gasteiger partial charge in [0.25, 0.3) is 0 Å². The maximum Gasteiger partial charge on any atom is 0.0743 e. The first-order valence-corrected chi connectivity index (χ1v) is 3.94. The van der Waals surface area contributed by atoms with Crippen LogP contribution >= 0.6 is 0 Å². The van der Waals surface area contributed by atoms with Crippen molar-refractivity contribution in [2.45, 2.75) is 39.2 Å². The molecule has 10 heavy (non-hydrogen) atoms. The molecule has 0 bridgehead atoms. The van der Waals surface area contributed by atoms with Crippen LogP contribution in [0.2, 0.25) is 0 Å². The van der Waals surface area contributed by atoms with E-state index in [1.165, 1.54) is 0 Å². The second-order valence-corrected chi connectivity index (χ2v) is 3.42. The molecule has 2 heteroatoms. The molecule has 0 fully saturated rings. The van der Waals surface area contributed by atoms with Gasteiger partial charge < -0.3 is 10.8 Å². The summed E-state index contributed by atoms with van der Waals surface area (Å²) in [5.41, 5.74) is 4.70. The number of nitrogens with two attached hydrogens (primary N) is 1. The maximum absolute atomic E-state index is 9.50. The Bertz CT molecular complexity index is 91.3. The minimum atomic E-state index is -0.657. The van der Waals surface area contributed by atoms with Gasteiger partial charge in [-0.05, 0) is 19.3 Å². The highest BCUT2D eigenvalue weighted by Gasteiger charge is 2.19. The molecule has 2 atom stereocenters. The molecule has 0 saturated carbocycles. The van der Waals surface area contributed by atoms with Gasteiger partial charge in [-0.15, -0.1) is 0 Å². The molecule has 62 valence electrons. The van der Waals surface area contributed by atoms with Crippen LogP contribution in [-0.4, -0.2) is 17.3 Å². The van der Waals surface area contributed by atoms with Gasteiger partial charge in [0, 0.05) is 6.54 Å². The van der Waals surface area contributed by atoms with E-state index < -0.39 is 5.60 Å². The van der Waals surface area contributed by atoms with Gasteiger partial charge in [0.2, 0.25) is 0 Å². The molecule has 0 aromatic rings. The lowest BCUT2D eigenvalue weighted by Gasteiger charge is -2.24. The number of hydrogen-bond acceptors (Lipinski definition) is 2. The molecule has 0 aliphatic heterocycles. The number of rotatable bonds is 4. The summed E-state index contributed by atoms with van der Waals surface area (Å²) < 4.78 is 0. The lowest BCUT2D eigenvalue weighted by Crippen LogP contribution is -2.35. The summed E-state index contributed by atoms with van der Waals surface area (Å²) in [7, 11) is 0. The van der Waals surface area contributed by atoms with Crippen LogP contribution in [0, 0.1) is 5.92 Å². The fourth-order valence-corrected chi connectivity index (χ4v) is 0.978. The van der Waals surface area contributed by atoms with Gasteiger partial charge in [-0.3, -0.25) is 0 Å². The Morgan fingerprint density at radius 3 is 2.40 bits per heavy atom. The van der Waals surface area contributed by atoms with Gasteiger partial charge >= 0.3 is 0 Å². The van der Waals surface area contributed by atoms with Crippen molar-refractivity contribution in [3.05, 3.63) is 0 Å². The predicted molar refractivity (Wildman–Crippen MR) is 43.8 cm³/mol. The van der Waals surface area contributed by atoms with Crippen molar-refractivity contribution >= 4 is 0 Å². The molecule has 0 aromatic carbocycles. The molecule has 2 unspecified atom stereocenters. The normalized spacial score (nSPS) is 20.1. The quantitative estimate of drug-likeness (QED) is 0.623. The summed E-state index contributed by atoms with van der Waals surface area (Å²) in [6.45, 7) is 6.40. The summed E-state index contributed by atoms with van der Waals surface area (Å²) in [6, 6.07) is 0. The molecule has 2 nitrogen and oxygen atoms in total. The van der Waals surface area contributed by atoms with Gasteiger partial charge in [-0.1, -0.05) is 20.3 Å². The molecule has 0 aromatic heterocycles. The smallest absolute Gasteiger partial charge is 0.0743 e. The van der Waals surface area contributed by atoms with Crippen molar-refractivity contribution < 1.29 is 5.11 Å². The Kier molecular flexibility index (Phi) is 3.91. The third kappa shape index (κ3) is 3.85. The van der Waals surface area contributed by atoms with Crippen LogP contribution in [0.15, 0.2) is 0 Å². The molecule has 0 aliphatic rings. The molecule has 0 rings (SSSR count). The zero-order valence-corrected chi connectivity index (χ0v) is 7.22. The monoisotopic (exact) mass is 145 g/mol. The average Bonchev–Trinajstić information content (AvgIpc) is 1.87. The Balaban J connectivity index is 3.64. The SMILES string of the molecule is CCC(C)CC(C)(O)CN. The van der Waals surface area contributed by atoms with Crippen molar-refractivity contribution in [1.29, 1.82) is 0 Å². The third-order valence-electron chi connectivity index (χ3n) is 1.92. The minimum Gasteiger partial charge on any atom is -0.389 e. The Labute approximate surface area is 63.4 Å². The molecule has 0 aliphatic carbocycles. The first kappa shape index (κ1) is 9.92. The predicted octanol–water partition coefficient (Wildman–Crippen LogP) is 1.13. The summed E-state index contributed by atoms with van der Waals surface area (Å²) in [4.78, 5) is 0. The summed E-state index contributed by atoms with van der Waals surface area (Å²) in [5.74, 6) is 0.568. The van der Waals surface area contributed by atoms with E-state index in [9.17, 15) is 5.11 Å². The molecular weight excluding hydrogens is 126 g/mol. The van der Waals surface area contributed by atoms with Crippen LogP contribution in [0.5, 0.6) is 0 Å². The average molecular weight is 145 g/mol. The van der Waals surface area contributed by atoms with Crippen molar-refractivity contribution in [2.24, 2.45) is 11.7 Å². The fourth-order valence-electron chi connectivity index (χ4n) is 0.978. The standard InChI is InChI=1S/C8H19NO/c1-4-7(2)5-8(3,10)6-9/h7,10H,4-6,9H2,1-3H3. The molecule has 0 spiro atoms. The second-order valence-electron chi connectivity index (χ2n) is 3.42. The van der Waals surface area contributed by atoms with Crippen molar-refractivity contribution in [3.63, 3.8) is 0 Å². The molecule has 0 radical (unpaired) electrons. The van der Waals surface area contributed by atoms with Crippen molar-refractivity contribution in [2.75, 3.05) is 6.54 Å². The number of aliphatic hydroxyl groups is 1. The fraction of sp³-hybridized carbons (Fsp3) is 1.00.